The van der Waals surface area contributed by atoms with E-state index in [0.717, 1.165) is 23.1 Å². The SMILES string of the molecule is C=CCOC[C@@]12C[C@@H](C(=O)Nc3nc(Br)ccc3COC)N(C(=O)Cn3nc(C(C)=O)c4cc(-c5cnc(C)nc5)cc(C)c43)[C@@H]1C2. The van der Waals surface area contributed by atoms with Gasteiger partial charge in [0.05, 0.1) is 25.3 Å². The molecule has 12 nitrogen and oxygen atoms in total. The Kier molecular flexibility index (Phi) is 9.05. The van der Waals surface area contributed by atoms with Crippen LogP contribution >= 0.6 is 15.9 Å². The van der Waals surface area contributed by atoms with Crippen molar-refractivity contribution in [3.05, 3.63) is 76.6 Å². The normalized spacial score (nSPS) is 19.9. The topological polar surface area (TPSA) is 141 Å². The largest absolute Gasteiger partial charge is 0.380 e. The number of nitrogens with one attached hydrogen (secondary N) is 1. The summed E-state index contributed by atoms with van der Waals surface area (Å²) < 4.78 is 13.3. The molecule has 1 aliphatic heterocycles. The number of ketones is 1. The van der Waals surface area contributed by atoms with Gasteiger partial charge in [0, 0.05) is 54.4 Å². The monoisotopic (exact) mass is 701 g/mol. The van der Waals surface area contributed by atoms with Crippen molar-refractivity contribution in [3.63, 3.8) is 0 Å². The van der Waals surface area contributed by atoms with Crippen LogP contribution in [0, 0.1) is 19.3 Å². The molecule has 1 N–H and O–H groups in total. The minimum atomic E-state index is -0.756. The van der Waals surface area contributed by atoms with E-state index in [1.165, 1.54) is 6.92 Å². The van der Waals surface area contributed by atoms with Crippen molar-refractivity contribution in [1.29, 1.82) is 0 Å². The van der Waals surface area contributed by atoms with Crippen LogP contribution in [0.1, 0.15) is 47.2 Å². The van der Waals surface area contributed by atoms with Crippen molar-refractivity contribution in [1.82, 2.24) is 29.6 Å². The van der Waals surface area contributed by atoms with E-state index >= 15 is 0 Å². The van der Waals surface area contributed by atoms with E-state index in [0.29, 0.717) is 52.3 Å². The number of piperidine rings is 1. The number of aromatic nitrogens is 5. The average molecular weight is 703 g/mol. The molecule has 6 rings (SSSR count). The Morgan fingerprint density at radius 3 is 2.62 bits per heavy atom. The summed E-state index contributed by atoms with van der Waals surface area (Å²) in [6, 6.07) is 6.53. The fourth-order valence-corrected chi connectivity index (χ4v) is 6.94. The number of hydrogen-bond acceptors (Lipinski definition) is 9. The Bertz CT molecular complexity index is 1890. The number of carbonyl (C=O) groups excluding carboxylic acids is 3. The summed E-state index contributed by atoms with van der Waals surface area (Å²) in [5.41, 5.74) is 3.81. The number of amides is 2. The third-order valence-corrected chi connectivity index (χ3v) is 9.33. The molecule has 2 aliphatic rings. The van der Waals surface area contributed by atoms with Gasteiger partial charge in [0.1, 0.15) is 34.5 Å². The number of nitrogens with zero attached hydrogens (tertiary/aromatic N) is 6. The minimum Gasteiger partial charge on any atom is -0.380 e. The number of aryl methyl sites for hydroxylation is 2. The lowest BCUT2D eigenvalue weighted by atomic mass is 10.00. The first-order valence-corrected chi connectivity index (χ1v) is 16.1. The third-order valence-electron chi connectivity index (χ3n) is 8.89. The average Bonchev–Trinajstić information content (AvgIpc) is 3.43. The number of methoxy groups -OCH3 is 1. The second kappa shape index (κ2) is 13.1. The predicted molar refractivity (Wildman–Crippen MR) is 179 cm³/mol. The zero-order chi connectivity index (χ0) is 33.5. The molecular weight excluding hydrogens is 666 g/mol. The second-order valence-corrected chi connectivity index (χ2v) is 13.1. The molecule has 2 amide bonds. The van der Waals surface area contributed by atoms with Gasteiger partial charge in [-0.25, -0.2) is 15.0 Å². The fourth-order valence-electron chi connectivity index (χ4n) is 6.63. The molecule has 1 saturated carbocycles. The minimum absolute atomic E-state index is 0.147. The van der Waals surface area contributed by atoms with Gasteiger partial charge in [0.15, 0.2) is 5.78 Å². The Labute approximate surface area is 280 Å². The summed E-state index contributed by atoms with van der Waals surface area (Å²) in [5.74, 6) is 0.197. The fraction of sp³-hybridized carbons (Fsp3) is 0.382. The highest BCUT2D eigenvalue weighted by molar-refractivity contribution is 9.10. The molecule has 4 aromatic rings. The van der Waals surface area contributed by atoms with E-state index < -0.39 is 6.04 Å². The van der Waals surface area contributed by atoms with Gasteiger partial charge < -0.3 is 19.7 Å². The molecule has 4 heterocycles. The number of anilines is 1. The lowest BCUT2D eigenvalue weighted by Crippen LogP contribution is -2.47. The van der Waals surface area contributed by atoms with Crippen molar-refractivity contribution >= 4 is 50.2 Å². The van der Waals surface area contributed by atoms with E-state index in [1.807, 2.05) is 32.0 Å². The molecule has 47 heavy (non-hydrogen) atoms. The van der Waals surface area contributed by atoms with Gasteiger partial charge in [-0.3, -0.25) is 19.1 Å². The maximum Gasteiger partial charge on any atom is 0.248 e. The molecule has 1 aromatic carbocycles. The van der Waals surface area contributed by atoms with E-state index in [2.05, 4.69) is 47.9 Å². The molecule has 1 saturated heterocycles. The van der Waals surface area contributed by atoms with E-state index in [1.54, 1.807) is 41.2 Å². The zero-order valence-electron chi connectivity index (χ0n) is 26.7. The highest BCUT2D eigenvalue weighted by Gasteiger charge is 2.67. The van der Waals surface area contributed by atoms with Gasteiger partial charge in [-0.15, -0.1) is 6.58 Å². The van der Waals surface area contributed by atoms with Gasteiger partial charge in [-0.2, -0.15) is 5.10 Å². The number of carbonyl (C=O) groups is 3. The Hall–Kier alpha value is -4.33. The van der Waals surface area contributed by atoms with Gasteiger partial charge in [0.25, 0.3) is 0 Å². The number of ether oxygens (including phenoxy) is 2. The number of benzene rings is 1. The maximum absolute atomic E-state index is 14.3. The first-order chi connectivity index (χ1) is 22.5. The van der Waals surface area contributed by atoms with Crippen LogP contribution in [-0.2, 0) is 32.2 Å². The quantitative estimate of drug-likeness (QED) is 0.0953. The first kappa shape index (κ1) is 32.6. The van der Waals surface area contributed by atoms with Crippen LogP contribution in [0.15, 0.2) is 53.9 Å². The summed E-state index contributed by atoms with van der Waals surface area (Å²) >= 11 is 3.38. The van der Waals surface area contributed by atoms with Gasteiger partial charge in [-0.05, 0) is 71.9 Å². The molecule has 0 radical (unpaired) electrons. The van der Waals surface area contributed by atoms with E-state index in [9.17, 15) is 14.4 Å². The number of likely N-dealkylation sites (tertiary alicyclic amines) is 1. The summed E-state index contributed by atoms with van der Waals surface area (Å²) in [5, 5.41) is 8.22. The van der Waals surface area contributed by atoms with Crippen LogP contribution in [-0.4, -0.2) is 79.6 Å². The van der Waals surface area contributed by atoms with Gasteiger partial charge in [0.2, 0.25) is 11.8 Å². The molecule has 0 spiro atoms. The van der Waals surface area contributed by atoms with Crippen molar-refractivity contribution in [2.45, 2.75) is 58.8 Å². The van der Waals surface area contributed by atoms with Crippen molar-refractivity contribution in [2.75, 3.05) is 25.6 Å². The molecule has 3 atom stereocenters. The van der Waals surface area contributed by atoms with Crippen molar-refractivity contribution in [3.8, 4) is 11.1 Å². The summed E-state index contributed by atoms with van der Waals surface area (Å²) in [4.78, 5) is 55.7. The standard InChI is InChI=1S/C34H36BrN7O5/c1-6-9-47-18-34-12-26(33(45)39-32-22(17-46-5)7-8-28(35)38-32)42(27(34)13-34)29(44)16-41-31-19(2)10-23(24-14-36-21(4)37-15-24)11-25(31)30(40-41)20(3)43/h6-8,10-11,14-15,26-27H,1,9,12-13,16-18H2,2-5H3,(H,38,39,45)/t26-,27+,34-/m0/s1. The Balaban J connectivity index is 1.32. The summed E-state index contributed by atoms with van der Waals surface area (Å²) in [6.45, 7) is 9.83. The lowest BCUT2D eigenvalue weighted by Gasteiger charge is -2.27. The number of halogens is 1. The second-order valence-electron chi connectivity index (χ2n) is 12.2. The number of rotatable bonds is 12. The van der Waals surface area contributed by atoms with Gasteiger partial charge >= 0.3 is 0 Å². The number of hydrogen-bond donors (Lipinski definition) is 1. The van der Waals surface area contributed by atoms with E-state index in [-0.39, 0.29) is 47.9 Å². The molecule has 0 bridgehead atoms. The molecule has 0 unspecified atom stereocenters. The smallest absolute Gasteiger partial charge is 0.248 e. The number of pyridine rings is 1. The van der Waals surface area contributed by atoms with Crippen molar-refractivity contribution < 1.29 is 23.9 Å². The molecule has 1 aliphatic carbocycles. The van der Waals surface area contributed by atoms with Crippen molar-refractivity contribution in [2.24, 2.45) is 5.41 Å². The molecular formula is C34H36BrN7O5. The van der Waals surface area contributed by atoms with E-state index in [4.69, 9.17) is 9.47 Å². The molecule has 13 heteroatoms. The highest BCUT2D eigenvalue weighted by atomic mass is 79.9. The Morgan fingerprint density at radius 2 is 1.91 bits per heavy atom. The number of fused-ring (bicyclic) bond motifs is 2. The maximum atomic E-state index is 14.3. The predicted octanol–water partition coefficient (Wildman–Crippen LogP) is 4.82. The van der Waals surface area contributed by atoms with Gasteiger partial charge in [-0.1, -0.05) is 12.1 Å². The molecule has 3 aromatic heterocycles. The lowest BCUT2D eigenvalue weighted by molar-refractivity contribution is -0.138. The van der Waals surface area contributed by atoms with Crippen LogP contribution in [0.5, 0.6) is 0 Å². The first-order valence-electron chi connectivity index (χ1n) is 15.3. The number of Topliss-reactive ketones (excluding diaryl/α,β-unsaturated/α-hetero) is 1. The van der Waals surface area contributed by atoms with Crippen LogP contribution in [0.4, 0.5) is 5.82 Å². The summed E-state index contributed by atoms with van der Waals surface area (Å²) in [7, 11) is 1.57. The third kappa shape index (κ3) is 6.34. The highest BCUT2D eigenvalue weighted by Crippen LogP contribution is 2.60. The van der Waals surface area contributed by atoms with Crippen LogP contribution in [0.25, 0.3) is 22.0 Å². The summed E-state index contributed by atoms with van der Waals surface area (Å²) in [6.07, 6.45) is 6.33. The van der Waals surface area contributed by atoms with Crippen LogP contribution in [0.3, 0.4) is 0 Å². The van der Waals surface area contributed by atoms with Crippen LogP contribution in [0.2, 0.25) is 0 Å². The molecule has 2 fully saturated rings. The van der Waals surface area contributed by atoms with Crippen LogP contribution < -0.4 is 5.32 Å². The Morgan fingerprint density at radius 1 is 1.15 bits per heavy atom. The zero-order valence-corrected chi connectivity index (χ0v) is 28.3. The molecule has 244 valence electrons.